The molecule has 0 amide bonds. The first-order valence-electron chi connectivity index (χ1n) is 7.95. The third kappa shape index (κ3) is 3.37. The molecular formula is C16H27ClN2O. The summed E-state index contributed by atoms with van der Waals surface area (Å²) in [7, 11) is 1.92. The molecule has 0 saturated heterocycles. The number of hydrogen-bond acceptors (Lipinski definition) is 2. The number of aliphatic hydroxyl groups is 1. The van der Waals surface area contributed by atoms with Gasteiger partial charge in [-0.25, -0.2) is 0 Å². The highest BCUT2D eigenvalue weighted by molar-refractivity contribution is 6.31. The second kappa shape index (κ2) is 6.95. The van der Waals surface area contributed by atoms with Crippen molar-refractivity contribution in [3.63, 3.8) is 0 Å². The molecule has 4 heteroatoms. The van der Waals surface area contributed by atoms with E-state index < -0.39 is 0 Å². The minimum Gasteiger partial charge on any atom is -0.392 e. The SMILES string of the molecule is CCc1nn(C)c(CC(O)C2CCCC(CC)C2)c1Cl. The Morgan fingerprint density at radius 3 is 2.75 bits per heavy atom. The second-order valence-corrected chi connectivity index (χ2v) is 6.53. The minimum atomic E-state index is -0.290. The molecule has 1 aromatic heterocycles. The molecule has 1 N–H and O–H groups in total. The zero-order valence-corrected chi connectivity index (χ0v) is 13.7. The molecule has 1 heterocycles. The van der Waals surface area contributed by atoms with Crippen molar-refractivity contribution in [1.29, 1.82) is 0 Å². The maximum Gasteiger partial charge on any atom is 0.0850 e. The first-order chi connectivity index (χ1) is 9.56. The summed E-state index contributed by atoms with van der Waals surface area (Å²) < 4.78 is 1.84. The van der Waals surface area contributed by atoms with E-state index in [0.29, 0.717) is 12.3 Å². The lowest BCUT2D eigenvalue weighted by Crippen LogP contribution is -2.29. The van der Waals surface area contributed by atoms with Gasteiger partial charge in [0.1, 0.15) is 0 Å². The number of halogens is 1. The third-order valence-corrected chi connectivity index (χ3v) is 5.29. The van der Waals surface area contributed by atoms with Gasteiger partial charge in [-0.3, -0.25) is 4.68 Å². The Kier molecular flexibility index (Phi) is 5.50. The van der Waals surface area contributed by atoms with Crippen LogP contribution in [0.2, 0.25) is 5.02 Å². The van der Waals surface area contributed by atoms with Gasteiger partial charge in [-0.2, -0.15) is 5.10 Å². The predicted octanol–water partition coefficient (Wildman–Crippen LogP) is 3.76. The van der Waals surface area contributed by atoms with Crippen LogP contribution in [0.3, 0.4) is 0 Å². The lowest BCUT2D eigenvalue weighted by molar-refractivity contribution is 0.0671. The fraction of sp³-hybridized carbons (Fsp3) is 0.812. The van der Waals surface area contributed by atoms with Crippen LogP contribution in [-0.4, -0.2) is 21.0 Å². The molecule has 1 aromatic rings. The van der Waals surface area contributed by atoms with Crippen molar-refractivity contribution < 1.29 is 5.11 Å². The molecule has 0 bridgehead atoms. The molecular weight excluding hydrogens is 272 g/mol. The first kappa shape index (κ1) is 15.8. The molecule has 0 aromatic carbocycles. The number of rotatable bonds is 5. The van der Waals surface area contributed by atoms with Crippen molar-refractivity contribution in [1.82, 2.24) is 9.78 Å². The van der Waals surface area contributed by atoms with Gasteiger partial charge in [-0.05, 0) is 31.1 Å². The average Bonchev–Trinajstić information content (AvgIpc) is 2.74. The Morgan fingerprint density at radius 1 is 1.40 bits per heavy atom. The van der Waals surface area contributed by atoms with Crippen molar-refractivity contribution in [2.45, 2.75) is 64.9 Å². The van der Waals surface area contributed by atoms with Crippen molar-refractivity contribution in [3.8, 4) is 0 Å². The molecule has 20 heavy (non-hydrogen) atoms. The van der Waals surface area contributed by atoms with E-state index >= 15 is 0 Å². The van der Waals surface area contributed by atoms with E-state index in [1.165, 1.54) is 19.3 Å². The maximum atomic E-state index is 10.6. The van der Waals surface area contributed by atoms with Crippen LogP contribution in [0, 0.1) is 11.8 Å². The lowest BCUT2D eigenvalue weighted by atomic mass is 9.77. The van der Waals surface area contributed by atoms with Gasteiger partial charge in [0.25, 0.3) is 0 Å². The summed E-state index contributed by atoms with van der Waals surface area (Å²) >= 11 is 6.37. The molecule has 114 valence electrons. The van der Waals surface area contributed by atoms with E-state index in [4.69, 9.17) is 11.6 Å². The molecule has 0 radical (unpaired) electrons. The molecule has 1 fully saturated rings. The van der Waals surface area contributed by atoms with E-state index in [2.05, 4.69) is 18.9 Å². The summed E-state index contributed by atoms with van der Waals surface area (Å²) in [5, 5.41) is 15.8. The average molecular weight is 299 g/mol. The van der Waals surface area contributed by atoms with Gasteiger partial charge in [-0.15, -0.1) is 0 Å². The number of nitrogens with zero attached hydrogens (tertiary/aromatic N) is 2. The molecule has 0 aliphatic heterocycles. The van der Waals surface area contributed by atoms with Crippen LogP contribution in [0.4, 0.5) is 0 Å². The van der Waals surface area contributed by atoms with Crippen molar-refractivity contribution in [3.05, 3.63) is 16.4 Å². The predicted molar refractivity (Wildman–Crippen MR) is 83.0 cm³/mol. The number of aryl methyl sites for hydroxylation is 2. The molecule has 3 unspecified atom stereocenters. The van der Waals surface area contributed by atoms with E-state index in [9.17, 15) is 5.11 Å². The first-order valence-corrected chi connectivity index (χ1v) is 8.32. The van der Waals surface area contributed by atoms with Gasteiger partial charge in [0.15, 0.2) is 0 Å². The van der Waals surface area contributed by atoms with Gasteiger partial charge in [-0.1, -0.05) is 44.7 Å². The standard InChI is InChI=1S/C16H27ClN2O/c1-4-11-7-6-8-12(9-11)15(20)10-14-16(17)13(5-2)18-19(14)3/h11-12,15,20H,4-10H2,1-3H3. The van der Waals surface area contributed by atoms with E-state index in [1.54, 1.807) is 0 Å². The fourth-order valence-electron chi connectivity index (χ4n) is 3.46. The number of hydrogen-bond donors (Lipinski definition) is 1. The van der Waals surface area contributed by atoms with Crippen LogP contribution in [0.15, 0.2) is 0 Å². The smallest absolute Gasteiger partial charge is 0.0850 e. The molecule has 1 saturated carbocycles. The summed E-state index contributed by atoms with van der Waals surface area (Å²) in [4.78, 5) is 0. The summed E-state index contributed by atoms with van der Waals surface area (Å²) in [5.74, 6) is 1.21. The van der Waals surface area contributed by atoms with Gasteiger partial charge in [0.05, 0.1) is 22.5 Å². The van der Waals surface area contributed by atoms with Gasteiger partial charge >= 0.3 is 0 Å². The topological polar surface area (TPSA) is 38.0 Å². The maximum absolute atomic E-state index is 10.6. The van der Waals surface area contributed by atoms with Crippen LogP contribution in [0.5, 0.6) is 0 Å². The Bertz CT molecular complexity index is 444. The Balaban J connectivity index is 2.04. The largest absolute Gasteiger partial charge is 0.392 e. The Morgan fingerprint density at radius 2 is 2.15 bits per heavy atom. The highest BCUT2D eigenvalue weighted by Gasteiger charge is 2.28. The summed E-state index contributed by atoms with van der Waals surface area (Å²) in [6.45, 7) is 4.31. The van der Waals surface area contributed by atoms with Crippen LogP contribution < -0.4 is 0 Å². The summed E-state index contributed by atoms with van der Waals surface area (Å²) in [5.41, 5.74) is 1.92. The van der Waals surface area contributed by atoms with Crippen LogP contribution in [-0.2, 0) is 19.9 Å². The van der Waals surface area contributed by atoms with Gasteiger partial charge in [0, 0.05) is 13.5 Å². The normalized spacial score (nSPS) is 24.9. The van der Waals surface area contributed by atoms with Gasteiger partial charge < -0.3 is 5.11 Å². The van der Waals surface area contributed by atoms with Crippen LogP contribution in [0.1, 0.15) is 57.3 Å². The highest BCUT2D eigenvalue weighted by Crippen LogP contribution is 2.34. The molecule has 3 nitrogen and oxygen atoms in total. The molecule has 1 aliphatic carbocycles. The van der Waals surface area contributed by atoms with Crippen molar-refractivity contribution in [2.75, 3.05) is 0 Å². The summed E-state index contributed by atoms with van der Waals surface area (Å²) in [6.07, 6.45) is 7.29. The Hall–Kier alpha value is -0.540. The monoisotopic (exact) mass is 298 g/mol. The zero-order valence-electron chi connectivity index (χ0n) is 12.9. The number of aliphatic hydroxyl groups excluding tert-OH is 1. The molecule has 3 atom stereocenters. The fourth-order valence-corrected chi connectivity index (χ4v) is 3.83. The quantitative estimate of drug-likeness (QED) is 0.899. The minimum absolute atomic E-state index is 0.290. The zero-order chi connectivity index (χ0) is 14.7. The molecule has 2 rings (SSSR count). The van der Waals surface area contributed by atoms with E-state index in [-0.39, 0.29) is 6.10 Å². The third-order valence-electron chi connectivity index (χ3n) is 4.85. The van der Waals surface area contributed by atoms with Crippen molar-refractivity contribution in [2.24, 2.45) is 18.9 Å². The van der Waals surface area contributed by atoms with Crippen LogP contribution >= 0.6 is 11.6 Å². The van der Waals surface area contributed by atoms with E-state index in [1.807, 2.05) is 11.7 Å². The lowest BCUT2D eigenvalue weighted by Gasteiger charge is -2.31. The van der Waals surface area contributed by atoms with Crippen LogP contribution in [0.25, 0.3) is 0 Å². The number of aromatic nitrogens is 2. The molecule has 1 aliphatic rings. The van der Waals surface area contributed by atoms with Crippen molar-refractivity contribution >= 4 is 11.6 Å². The van der Waals surface area contributed by atoms with E-state index in [0.717, 1.165) is 41.6 Å². The molecule has 0 spiro atoms. The highest BCUT2D eigenvalue weighted by atomic mass is 35.5. The van der Waals surface area contributed by atoms with Gasteiger partial charge in [0.2, 0.25) is 0 Å². The summed E-state index contributed by atoms with van der Waals surface area (Å²) in [6, 6.07) is 0. The second-order valence-electron chi connectivity index (χ2n) is 6.16. The Labute approximate surface area is 127 Å².